The van der Waals surface area contributed by atoms with E-state index in [1.54, 1.807) is 6.07 Å². The van der Waals surface area contributed by atoms with E-state index in [2.05, 4.69) is 31.2 Å². The first-order valence-corrected chi connectivity index (χ1v) is 5.17. The van der Waals surface area contributed by atoms with Crippen molar-refractivity contribution < 1.29 is 0 Å². The summed E-state index contributed by atoms with van der Waals surface area (Å²) in [5.74, 6) is 0. The normalized spacial score (nSPS) is 10.3. The zero-order valence-corrected chi connectivity index (χ0v) is 9.25. The van der Waals surface area contributed by atoms with Gasteiger partial charge < -0.3 is 5.73 Å². The van der Waals surface area contributed by atoms with Crippen LogP contribution in [0.3, 0.4) is 0 Å². The summed E-state index contributed by atoms with van der Waals surface area (Å²) in [6.07, 6.45) is 0. The van der Waals surface area contributed by atoms with Gasteiger partial charge in [0.2, 0.25) is 0 Å². The molecule has 0 fully saturated rings. The van der Waals surface area contributed by atoms with Gasteiger partial charge in [-0.25, -0.2) is 0 Å². The molecule has 0 aliphatic rings. The van der Waals surface area contributed by atoms with E-state index in [0.717, 1.165) is 16.8 Å². The number of aryl methyl sites for hydroxylation is 1. The van der Waals surface area contributed by atoms with Crippen LogP contribution in [-0.4, -0.2) is 0 Å². The van der Waals surface area contributed by atoms with Crippen LogP contribution in [-0.2, 0) is 0 Å². The Hall–Kier alpha value is -1.47. The standard InChI is InChI=1S/C13H12ClN/c1-9-2-4-10(5-3-9)12-8-11(14)6-7-13(12)15/h2-8H,15H2,1H3. The third-order valence-electron chi connectivity index (χ3n) is 2.38. The van der Waals surface area contributed by atoms with Crippen molar-refractivity contribution in [3.05, 3.63) is 53.1 Å². The van der Waals surface area contributed by atoms with E-state index in [0.29, 0.717) is 5.02 Å². The summed E-state index contributed by atoms with van der Waals surface area (Å²) >= 11 is 5.94. The number of anilines is 1. The molecule has 0 spiro atoms. The van der Waals surface area contributed by atoms with E-state index in [4.69, 9.17) is 17.3 Å². The van der Waals surface area contributed by atoms with Crippen LogP contribution in [0, 0.1) is 6.92 Å². The molecule has 0 aliphatic carbocycles. The smallest absolute Gasteiger partial charge is 0.0413 e. The first kappa shape index (κ1) is 10.1. The van der Waals surface area contributed by atoms with Crippen LogP contribution >= 0.6 is 11.6 Å². The molecule has 1 nitrogen and oxygen atoms in total. The minimum absolute atomic E-state index is 0.708. The number of nitrogens with two attached hydrogens (primary N) is 1. The summed E-state index contributed by atoms with van der Waals surface area (Å²) in [4.78, 5) is 0. The summed E-state index contributed by atoms with van der Waals surface area (Å²) < 4.78 is 0. The van der Waals surface area contributed by atoms with Gasteiger partial charge in [0.15, 0.2) is 0 Å². The molecule has 0 atom stereocenters. The molecule has 2 aromatic rings. The summed E-state index contributed by atoms with van der Waals surface area (Å²) in [6, 6.07) is 13.8. The number of hydrogen-bond acceptors (Lipinski definition) is 1. The third-order valence-corrected chi connectivity index (χ3v) is 2.61. The minimum atomic E-state index is 0.708. The first-order chi connectivity index (χ1) is 7.16. The summed E-state index contributed by atoms with van der Waals surface area (Å²) in [7, 11) is 0. The van der Waals surface area contributed by atoms with E-state index in [-0.39, 0.29) is 0 Å². The van der Waals surface area contributed by atoms with Gasteiger partial charge >= 0.3 is 0 Å². The average Bonchev–Trinajstić information content (AvgIpc) is 2.23. The highest BCUT2D eigenvalue weighted by atomic mass is 35.5. The molecule has 0 saturated heterocycles. The molecule has 0 amide bonds. The van der Waals surface area contributed by atoms with Crippen molar-refractivity contribution in [2.45, 2.75) is 6.92 Å². The minimum Gasteiger partial charge on any atom is -0.398 e. The molecule has 15 heavy (non-hydrogen) atoms. The monoisotopic (exact) mass is 217 g/mol. The lowest BCUT2D eigenvalue weighted by Crippen LogP contribution is -1.89. The molecule has 0 bridgehead atoms. The van der Waals surface area contributed by atoms with Gasteiger partial charge in [-0.3, -0.25) is 0 Å². The van der Waals surface area contributed by atoms with E-state index in [1.165, 1.54) is 5.56 Å². The van der Waals surface area contributed by atoms with E-state index in [9.17, 15) is 0 Å². The predicted molar refractivity (Wildman–Crippen MR) is 66.0 cm³/mol. The Labute approximate surface area is 94.5 Å². The molecule has 76 valence electrons. The van der Waals surface area contributed by atoms with E-state index >= 15 is 0 Å². The van der Waals surface area contributed by atoms with Crippen molar-refractivity contribution in [3.63, 3.8) is 0 Å². The molecule has 2 rings (SSSR count). The Morgan fingerprint density at radius 3 is 2.33 bits per heavy atom. The van der Waals surface area contributed by atoms with Gasteiger partial charge in [0.05, 0.1) is 0 Å². The van der Waals surface area contributed by atoms with Crippen LogP contribution in [0.1, 0.15) is 5.56 Å². The van der Waals surface area contributed by atoms with Crippen LogP contribution in [0.2, 0.25) is 5.02 Å². The maximum Gasteiger partial charge on any atom is 0.0413 e. The largest absolute Gasteiger partial charge is 0.398 e. The van der Waals surface area contributed by atoms with E-state index < -0.39 is 0 Å². The van der Waals surface area contributed by atoms with Gasteiger partial charge in [-0.15, -0.1) is 0 Å². The number of halogens is 1. The molecule has 0 aliphatic heterocycles. The van der Waals surface area contributed by atoms with E-state index in [1.807, 2.05) is 12.1 Å². The van der Waals surface area contributed by atoms with Crippen molar-refractivity contribution >= 4 is 17.3 Å². The number of benzene rings is 2. The lowest BCUT2D eigenvalue weighted by Gasteiger charge is -2.06. The lowest BCUT2D eigenvalue weighted by atomic mass is 10.0. The molecule has 2 N–H and O–H groups in total. The fourth-order valence-electron chi connectivity index (χ4n) is 1.51. The number of nitrogen functional groups attached to an aromatic ring is 1. The second-order valence-corrected chi connectivity index (χ2v) is 4.03. The van der Waals surface area contributed by atoms with Crippen LogP contribution < -0.4 is 5.73 Å². The van der Waals surface area contributed by atoms with Crippen LogP contribution in [0.25, 0.3) is 11.1 Å². The lowest BCUT2D eigenvalue weighted by molar-refractivity contribution is 1.47. The Bertz CT molecular complexity index is 474. The quantitative estimate of drug-likeness (QED) is 0.721. The molecule has 2 aromatic carbocycles. The Balaban J connectivity index is 2.53. The highest BCUT2D eigenvalue weighted by Gasteiger charge is 2.02. The molecule has 2 heteroatoms. The van der Waals surface area contributed by atoms with Crippen molar-refractivity contribution in [2.24, 2.45) is 0 Å². The van der Waals surface area contributed by atoms with Gasteiger partial charge in [0.25, 0.3) is 0 Å². The molecular formula is C13H12ClN. The predicted octanol–water partition coefficient (Wildman–Crippen LogP) is 3.90. The van der Waals surface area contributed by atoms with Crippen molar-refractivity contribution in [3.8, 4) is 11.1 Å². The molecule has 0 saturated carbocycles. The average molecular weight is 218 g/mol. The Morgan fingerprint density at radius 1 is 1.00 bits per heavy atom. The summed E-state index contributed by atoms with van der Waals surface area (Å²) in [6.45, 7) is 2.06. The van der Waals surface area contributed by atoms with Crippen molar-refractivity contribution in [1.82, 2.24) is 0 Å². The Morgan fingerprint density at radius 2 is 1.67 bits per heavy atom. The summed E-state index contributed by atoms with van der Waals surface area (Å²) in [5.41, 5.74) is 9.98. The maximum absolute atomic E-state index is 5.94. The molecular weight excluding hydrogens is 206 g/mol. The zero-order valence-electron chi connectivity index (χ0n) is 8.50. The summed E-state index contributed by atoms with van der Waals surface area (Å²) in [5, 5.41) is 0.708. The SMILES string of the molecule is Cc1ccc(-c2cc(Cl)ccc2N)cc1. The second-order valence-electron chi connectivity index (χ2n) is 3.60. The third kappa shape index (κ3) is 2.13. The van der Waals surface area contributed by atoms with Crippen LogP contribution in [0.5, 0.6) is 0 Å². The topological polar surface area (TPSA) is 26.0 Å². The molecule has 0 radical (unpaired) electrons. The fourth-order valence-corrected chi connectivity index (χ4v) is 1.68. The van der Waals surface area contributed by atoms with Gasteiger partial charge in [0, 0.05) is 16.3 Å². The molecule has 0 unspecified atom stereocenters. The second kappa shape index (κ2) is 3.95. The van der Waals surface area contributed by atoms with Gasteiger partial charge in [0.1, 0.15) is 0 Å². The fraction of sp³-hybridized carbons (Fsp3) is 0.0769. The van der Waals surface area contributed by atoms with Gasteiger partial charge in [-0.1, -0.05) is 41.4 Å². The molecule has 0 heterocycles. The maximum atomic E-state index is 5.94. The Kier molecular flexibility index (Phi) is 2.65. The highest BCUT2D eigenvalue weighted by molar-refractivity contribution is 6.31. The molecule has 0 aromatic heterocycles. The first-order valence-electron chi connectivity index (χ1n) is 4.79. The van der Waals surface area contributed by atoms with Crippen LogP contribution in [0.15, 0.2) is 42.5 Å². The number of hydrogen-bond donors (Lipinski definition) is 1. The zero-order chi connectivity index (χ0) is 10.8. The van der Waals surface area contributed by atoms with Crippen molar-refractivity contribution in [2.75, 3.05) is 5.73 Å². The van der Waals surface area contributed by atoms with Crippen molar-refractivity contribution in [1.29, 1.82) is 0 Å². The highest BCUT2D eigenvalue weighted by Crippen LogP contribution is 2.28. The van der Waals surface area contributed by atoms with Crippen LogP contribution in [0.4, 0.5) is 5.69 Å². The number of rotatable bonds is 1. The van der Waals surface area contributed by atoms with Gasteiger partial charge in [-0.2, -0.15) is 0 Å². The van der Waals surface area contributed by atoms with Gasteiger partial charge in [-0.05, 0) is 30.7 Å².